The summed E-state index contributed by atoms with van der Waals surface area (Å²) in [5.41, 5.74) is 5.51. The minimum Gasteiger partial charge on any atom is -0.480 e. The number of piperazine rings is 1. The summed E-state index contributed by atoms with van der Waals surface area (Å²) >= 11 is 0. The van der Waals surface area contributed by atoms with Crippen LogP contribution in [0.1, 0.15) is 6.92 Å². The number of Topliss-reactive ketones (excluding diaryl/α,β-unsaturated/α-hetero) is 1. The lowest BCUT2D eigenvalue weighted by Crippen LogP contribution is -2.58. The van der Waals surface area contributed by atoms with Crippen LogP contribution < -0.4 is 11.1 Å². The van der Waals surface area contributed by atoms with E-state index in [0.29, 0.717) is 19.6 Å². The van der Waals surface area contributed by atoms with Crippen molar-refractivity contribution in [3.63, 3.8) is 0 Å². The van der Waals surface area contributed by atoms with Crippen molar-refractivity contribution in [3.8, 4) is 0 Å². The van der Waals surface area contributed by atoms with E-state index < -0.39 is 18.1 Å². The number of nitrogens with zero attached hydrogens (tertiary/aromatic N) is 1. The molecule has 0 aromatic rings. The van der Waals surface area contributed by atoms with Gasteiger partial charge in [-0.2, -0.15) is 0 Å². The molecule has 0 saturated carbocycles. The van der Waals surface area contributed by atoms with Crippen LogP contribution >= 0.6 is 0 Å². The van der Waals surface area contributed by atoms with Crippen molar-refractivity contribution in [3.05, 3.63) is 0 Å². The number of nitrogens with one attached hydrogen (secondary N) is 1. The summed E-state index contributed by atoms with van der Waals surface area (Å²) in [4.78, 5) is 23.9. The van der Waals surface area contributed by atoms with Gasteiger partial charge < -0.3 is 16.2 Å². The number of carboxylic acids is 1. The maximum absolute atomic E-state index is 11.7. The molecule has 0 aromatic carbocycles. The van der Waals surface area contributed by atoms with Crippen LogP contribution in [-0.4, -0.2) is 60.0 Å². The molecule has 0 aromatic heterocycles. The van der Waals surface area contributed by atoms with E-state index in [9.17, 15) is 9.59 Å². The number of carbonyl (C=O) groups excluding carboxylic acids is 1. The average molecular weight is 215 g/mol. The molecule has 0 spiro atoms. The minimum absolute atomic E-state index is 0.106. The van der Waals surface area contributed by atoms with Crippen molar-refractivity contribution in [1.82, 2.24) is 10.2 Å². The van der Waals surface area contributed by atoms with Crippen LogP contribution in [0.25, 0.3) is 0 Å². The van der Waals surface area contributed by atoms with E-state index in [1.165, 1.54) is 0 Å². The van der Waals surface area contributed by atoms with E-state index in [1.54, 1.807) is 11.8 Å². The maximum Gasteiger partial charge on any atom is 0.317 e. The zero-order chi connectivity index (χ0) is 11.4. The van der Waals surface area contributed by atoms with E-state index in [1.807, 2.05) is 0 Å². The Hall–Kier alpha value is -0.980. The molecule has 6 nitrogen and oxygen atoms in total. The first-order valence-electron chi connectivity index (χ1n) is 4.98. The van der Waals surface area contributed by atoms with E-state index in [2.05, 4.69) is 5.32 Å². The van der Waals surface area contributed by atoms with Gasteiger partial charge in [0.15, 0.2) is 5.78 Å². The summed E-state index contributed by atoms with van der Waals surface area (Å²) in [5, 5.41) is 11.8. The predicted molar refractivity (Wildman–Crippen MR) is 54.5 cm³/mol. The predicted octanol–water partition coefficient (Wildman–Crippen LogP) is -1.74. The first-order valence-corrected chi connectivity index (χ1v) is 4.98. The molecule has 1 fully saturated rings. The molecule has 0 aliphatic carbocycles. The molecule has 0 amide bonds. The number of rotatable bonds is 4. The van der Waals surface area contributed by atoms with Gasteiger partial charge >= 0.3 is 5.97 Å². The molecule has 1 aliphatic heterocycles. The third kappa shape index (κ3) is 3.26. The Morgan fingerprint density at radius 3 is 2.87 bits per heavy atom. The van der Waals surface area contributed by atoms with Gasteiger partial charge in [0, 0.05) is 19.6 Å². The normalized spacial score (nSPS) is 24.8. The van der Waals surface area contributed by atoms with Crippen molar-refractivity contribution in [2.75, 3.05) is 26.2 Å². The summed E-state index contributed by atoms with van der Waals surface area (Å²) in [7, 11) is 0. The van der Waals surface area contributed by atoms with Crippen LogP contribution in [0.15, 0.2) is 0 Å². The van der Waals surface area contributed by atoms with Crippen LogP contribution in [0.3, 0.4) is 0 Å². The molecular weight excluding hydrogens is 198 g/mol. The largest absolute Gasteiger partial charge is 0.480 e. The molecule has 0 radical (unpaired) electrons. The zero-order valence-corrected chi connectivity index (χ0v) is 8.77. The molecule has 0 bridgehead atoms. The van der Waals surface area contributed by atoms with Crippen LogP contribution in [0, 0.1) is 0 Å². The monoisotopic (exact) mass is 215 g/mol. The van der Waals surface area contributed by atoms with Gasteiger partial charge in [-0.25, -0.2) is 0 Å². The second-order valence-electron chi connectivity index (χ2n) is 3.78. The number of carbonyl (C=O) groups is 2. The van der Waals surface area contributed by atoms with Crippen LogP contribution in [0.2, 0.25) is 0 Å². The summed E-state index contributed by atoms with van der Waals surface area (Å²) < 4.78 is 0. The fraction of sp³-hybridized carbons (Fsp3) is 0.778. The Bertz CT molecular complexity index is 255. The lowest BCUT2D eigenvalue weighted by atomic mass is 10.0. The molecule has 1 aliphatic rings. The number of hydrogen-bond acceptors (Lipinski definition) is 5. The third-order valence-corrected chi connectivity index (χ3v) is 2.47. The highest BCUT2D eigenvalue weighted by Crippen LogP contribution is 2.05. The van der Waals surface area contributed by atoms with E-state index >= 15 is 0 Å². The summed E-state index contributed by atoms with van der Waals surface area (Å²) in [6, 6.07) is -0.957. The van der Waals surface area contributed by atoms with Crippen LogP contribution in [-0.2, 0) is 9.59 Å². The summed E-state index contributed by atoms with van der Waals surface area (Å²) in [6.07, 6.45) is 0. The molecule has 1 rings (SSSR count). The second-order valence-corrected chi connectivity index (χ2v) is 3.78. The number of hydrogen-bond donors (Lipinski definition) is 3. The zero-order valence-electron chi connectivity index (χ0n) is 8.77. The Morgan fingerprint density at radius 1 is 1.67 bits per heavy atom. The second kappa shape index (κ2) is 5.20. The Morgan fingerprint density at radius 2 is 2.33 bits per heavy atom. The van der Waals surface area contributed by atoms with Gasteiger partial charge in [-0.3, -0.25) is 14.5 Å². The molecule has 1 saturated heterocycles. The van der Waals surface area contributed by atoms with Gasteiger partial charge in [0.1, 0.15) is 0 Å². The topological polar surface area (TPSA) is 95.7 Å². The van der Waals surface area contributed by atoms with Gasteiger partial charge in [0.25, 0.3) is 0 Å². The number of nitrogens with two attached hydrogens (primary N) is 1. The summed E-state index contributed by atoms with van der Waals surface area (Å²) in [5.74, 6) is -1.03. The number of ketones is 1. The van der Waals surface area contributed by atoms with Crippen molar-refractivity contribution < 1.29 is 14.7 Å². The summed E-state index contributed by atoms with van der Waals surface area (Å²) in [6.45, 7) is 3.26. The van der Waals surface area contributed by atoms with Gasteiger partial charge in [0.2, 0.25) is 0 Å². The smallest absolute Gasteiger partial charge is 0.317 e. The van der Waals surface area contributed by atoms with Crippen molar-refractivity contribution in [2.45, 2.75) is 19.0 Å². The fourth-order valence-corrected chi connectivity index (χ4v) is 1.69. The standard InChI is InChI=1S/C9H17N3O3/c1-6(10)9(15)7-4-11-2-3-12(7)5-8(13)14/h6-7,11H,2-5,10H2,1H3,(H,13,14)/t6-,7?/m0/s1. The molecule has 1 heterocycles. The highest BCUT2D eigenvalue weighted by molar-refractivity contribution is 5.89. The average Bonchev–Trinajstić information content (AvgIpc) is 2.16. The third-order valence-electron chi connectivity index (χ3n) is 2.47. The van der Waals surface area contributed by atoms with Crippen molar-refractivity contribution in [1.29, 1.82) is 0 Å². The first-order chi connectivity index (χ1) is 7.02. The molecule has 6 heteroatoms. The lowest BCUT2D eigenvalue weighted by Gasteiger charge is -2.34. The van der Waals surface area contributed by atoms with Crippen molar-refractivity contribution in [2.24, 2.45) is 5.73 Å². The molecule has 2 atom stereocenters. The Balaban J connectivity index is 2.65. The number of aliphatic carboxylic acids is 1. The van der Waals surface area contributed by atoms with E-state index in [4.69, 9.17) is 10.8 Å². The first kappa shape index (κ1) is 12.1. The van der Waals surface area contributed by atoms with Gasteiger partial charge in [-0.15, -0.1) is 0 Å². The SMILES string of the molecule is C[C@H](N)C(=O)C1CNCCN1CC(=O)O. The number of carboxylic acid groups (broad SMARTS) is 1. The molecule has 15 heavy (non-hydrogen) atoms. The molecule has 4 N–H and O–H groups in total. The minimum atomic E-state index is -0.917. The fourth-order valence-electron chi connectivity index (χ4n) is 1.69. The van der Waals surface area contributed by atoms with E-state index in [-0.39, 0.29) is 12.3 Å². The van der Waals surface area contributed by atoms with Gasteiger partial charge in [-0.1, -0.05) is 0 Å². The highest BCUT2D eigenvalue weighted by Gasteiger charge is 2.31. The van der Waals surface area contributed by atoms with Crippen molar-refractivity contribution >= 4 is 11.8 Å². The quantitative estimate of drug-likeness (QED) is 0.515. The van der Waals surface area contributed by atoms with Gasteiger partial charge in [0.05, 0.1) is 18.6 Å². The van der Waals surface area contributed by atoms with E-state index in [0.717, 1.165) is 0 Å². The lowest BCUT2D eigenvalue weighted by molar-refractivity contribution is -0.140. The Kier molecular flexibility index (Phi) is 4.19. The Labute approximate surface area is 88.4 Å². The highest BCUT2D eigenvalue weighted by atomic mass is 16.4. The van der Waals surface area contributed by atoms with Crippen LogP contribution in [0.5, 0.6) is 0 Å². The van der Waals surface area contributed by atoms with Gasteiger partial charge in [-0.05, 0) is 6.92 Å². The molecule has 1 unspecified atom stereocenters. The maximum atomic E-state index is 11.7. The van der Waals surface area contributed by atoms with Crippen LogP contribution in [0.4, 0.5) is 0 Å². The molecular formula is C9H17N3O3. The molecule has 86 valence electrons.